The Morgan fingerprint density at radius 1 is 0.448 bits per heavy atom. The molecule has 6 rings (SSSR count). The molecule has 58 heavy (non-hydrogen) atoms. The van der Waals surface area contributed by atoms with Gasteiger partial charge in [-0.2, -0.15) is 8.42 Å². The molecule has 6 aromatic rings. The Kier molecular flexibility index (Phi) is 18.9. The molecular formula is C44H54N6O6S2. The maximum absolute atomic E-state index is 9.19. The largest absolute Gasteiger partial charge is 0.748 e. The molecule has 0 amide bonds. The number of nitrogens with one attached hydrogen (secondary N) is 1. The molecule has 0 saturated heterocycles. The fourth-order valence-electron chi connectivity index (χ4n) is 5.69. The first-order valence-electron chi connectivity index (χ1n) is 18.2. The van der Waals surface area contributed by atoms with Crippen molar-refractivity contribution < 1.29 is 30.8 Å². The molecule has 0 atom stereocenters. The van der Waals surface area contributed by atoms with Crippen molar-refractivity contribution >= 4 is 43.0 Å². The highest BCUT2D eigenvalue weighted by molar-refractivity contribution is 7.85. The van der Waals surface area contributed by atoms with E-state index in [1.165, 1.54) is 38.3 Å². The van der Waals surface area contributed by atoms with Crippen molar-refractivity contribution in [1.82, 2.24) is 4.90 Å². The molecule has 308 valence electrons. The number of rotatable bonds is 12. The summed E-state index contributed by atoms with van der Waals surface area (Å²) in [5, 5.41) is 0. The average Bonchev–Trinajstić information content (AvgIpc) is 3.15. The highest BCUT2D eigenvalue weighted by atomic mass is 32.2. The van der Waals surface area contributed by atoms with Crippen LogP contribution in [0.4, 0.5) is 22.7 Å². The third-order valence-electron chi connectivity index (χ3n) is 8.19. The predicted octanol–water partition coefficient (Wildman–Crippen LogP) is 5.36. The summed E-state index contributed by atoms with van der Waals surface area (Å²) in [5.41, 5.74) is 34.2. The van der Waals surface area contributed by atoms with Crippen LogP contribution >= 0.6 is 0 Å². The van der Waals surface area contributed by atoms with Gasteiger partial charge in [0.15, 0.2) is 0 Å². The van der Waals surface area contributed by atoms with Crippen LogP contribution < -0.4 is 27.8 Å². The van der Waals surface area contributed by atoms with Gasteiger partial charge in [0.25, 0.3) is 10.1 Å². The standard InChI is InChI=1S/2C21H23N3.2CH4O3S/c2*22-20-10-6-18(7-11-20)15-24(14-17-4-2-1-3-5-17)16-19-8-12-21(23)13-9-19;2*1-5(2,3)4/h2*1-13H,14-16,22-23H2;2*1H3,(H,2,3,4). The van der Waals surface area contributed by atoms with Crippen LogP contribution in [0.3, 0.4) is 0 Å². The Bertz CT molecular complexity index is 2000. The fraction of sp³-hybridized carbons (Fsp3) is 0.182. The lowest BCUT2D eigenvalue weighted by atomic mass is 10.1. The molecule has 0 aliphatic rings. The van der Waals surface area contributed by atoms with Gasteiger partial charge in [0.1, 0.15) is 19.6 Å². The van der Waals surface area contributed by atoms with Gasteiger partial charge in [-0.3, -0.25) is 9.45 Å². The first-order chi connectivity index (χ1) is 27.4. The van der Waals surface area contributed by atoms with Crippen molar-refractivity contribution in [3.05, 3.63) is 191 Å². The van der Waals surface area contributed by atoms with E-state index < -0.39 is 20.2 Å². The van der Waals surface area contributed by atoms with E-state index in [4.69, 9.17) is 40.5 Å². The number of hydrogen-bond donors (Lipinski definition) is 6. The molecule has 0 aliphatic heterocycles. The molecule has 0 radical (unpaired) electrons. The van der Waals surface area contributed by atoms with Gasteiger partial charge in [-0.25, -0.2) is 8.42 Å². The number of anilines is 4. The minimum atomic E-state index is -3.92. The fourth-order valence-corrected chi connectivity index (χ4v) is 5.69. The number of nitrogen functional groups attached to an aromatic ring is 4. The average molecular weight is 827 g/mol. The second-order valence-corrected chi connectivity index (χ2v) is 16.7. The van der Waals surface area contributed by atoms with E-state index in [0.29, 0.717) is 12.5 Å². The van der Waals surface area contributed by atoms with Crippen molar-refractivity contribution in [2.24, 2.45) is 0 Å². The quantitative estimate of drug-likeness (QED) is 0.0681. The second-order valence-electron chi connectivity index (χ2n) is 13.8. The first-order valence-corrected chi connectivity index (χ1v) is 21.9. The maximum Gasteiger partial charge on any atom is 0.261 e. The first kappa shape index (κ1) is 46.6. The smallest absolute Gasteiger partial charge is 0.261 e. The molecule has 0 aromatic heterocycles. The molecule has 12 nitrogen and oxygen atoms in total. The van der Waals surface area contributed by atoms with Crippen LogP contribution in [0.25, 0.3) is 0 Å². The topological polar surface area (TPSA) is 223 Å². The van der Waals surface area contributed by atoms with Gasteiger partial charge >= 0.3 is 0 Å². The Hall–Kier alpha value is -5.74. The number of nitrogens with zero attached hydrogens (tertiary/aromatic N) is 1. The Morgan fingerprint density at radius 2 is 0.655 bits per heavy atom. The number of quaternary nitrogens is 1. The van der Waals surface area contributed by atoms with Crippen LogP contribution in [-0.4, -0.2) is 43.4 Å². The third kappa shape index (κ3) is 22.1. The normalized spacial score (nSPS) is 11.0. The molecule has 0 saturated carbocycles. The SMILES string of the molecule is CS(=O)(=O)O.CS(=O)(=O)[O-].Nc1ccc(CN(Cc2ccccc2)Cc2ccc(N)cc2)cc1.Nc1ccc(C[NH+](Cc2ccccc2)Cc2ccc(N)cc2)cc1. The lowest BCUT2D eigenvalue weighted by molar-refractivity contribution is -0.941. The van der Waals surface area contributed by atoms with E-state index in [1.54, 1.807) is 0 Å². The van der Waals surface area contributed by atoms with Gasteiger partial charge in [0, 0.05) is 65.3 Å². The van der Waals surface area contributed by atoms with E-state index in [0.717, 1.165) is 62.0 Å². The lowest BCUT2D eigenvalue weighted by Gasteiger charge is -2.23. The van der Waals surface area contributed by atoms with Crippen molar-refractivity contribution in [2.75, 3.05) is 35.4 Å². The van der Waals surface area contributed by atoms with Crippen LogP contribution in [0.1, 0.15) is 33.4 Å². The minimum Gasteiger partial charge on any atom is -0.748 e. The summed E-state index contributed by atoms with van der Waals surface area (Å²) in [6, 6.07) is 53.7. The van der Waals surface area contributed by atoms with Gasteiger partial charge < -0.3 is 32.4 Å². The summed E-state index contributed by atoms with van der Waals surface area (Å²) in [4.78, 5) is 3.91. The summed E-state index contributed by atoms with van der Waals surface area (Å²) in [6.45, 7) is 5.55. The predicted molar refractivity (Wildman–Crippen MR) is 234 cm³/mol. The second kappa shape index (κ2) is 23.5. The zero-order valence-corrected chi connectivity index (χ0v) is 34.4. The summed E-state index contributed by atoms with van der Waals surface area (Å²) in [5.74, 6) is 0. The summed E-state index contributed by atoms with van der Waals surface area (Å²) in [7, 11) is -7.58. The Balaban J connectivity index is 0.000000252. The molecule has 0 aliphatic carbocycles. The van der Waals surface area contributed by atoms with E-state index in [-0.39, 0.29) is 0 Å². The Labute approximate surface area is 343 Å². The minimum absolute atomic E-state index is 0.604. The van der Waals surface area contributed by atoms with Crippen molar-refractivity contribution in [3.8, 4) is 0 Å². The van der Waals surface area contributed by atoms with E-state index >= 15 is 0 Å². The molecule has 0 bridgehead atoms. The zero-order valence-electron chi connectivity index (χ0n) is 32.8. The van der Waals surface area contributed by atoms with Crippen molar-refractivity contribution in [1.29, 1.82) is 0 Å². The molecule has 6 aromatic carbocycles. The van der Waals surface area contributed by atoms with Crippen LogP contribution in [0, 0.1) is 0 Å². The van der Waals surface area contributed by atoms with Crippen molar-refractivity contribution in [3.63, 3.8) is 0 Å². The Morgan fingerprint density at radius 3 is 0.931 bits per heavy atom. The molecule has 0 spiro atoms. The molecular weight excluding hydrogens is 773 g/mol. The summed E-state index contributed by atoms with van der Waals surface area (Å²) >= 11 is 0. The third-order valence-corrected chi connectivity index (χ3v) is 8.19. The van der Waals surface area contributed by atoms with Gasteiger partial charge in [-0.15, -0.1) is 0 Å². The number of nitrogens with two attached hydrogens (primary N) is 4. The van der Waals surface area contributed by atoms with E-state index in [2.05, 4.69) is 108 Å². The van der Waals surface area contributed by atoms with Gasteiger partial charge in [0.05, 0.1) is 16.4 Å². The summed E-state index contributed by atoms with van der Waals surface area (Å²) in [6.07, 6.45) is 1.32. The molecule has 10 N–H and O–H groups in total. The number of benzene rings is 6. The van der Waals surface area contributed by atoms with E-state index in [9.17, 15) is 8.42 Å². The highest BCUT2D eigenvalue weighted by Crippen LogP contribution is 2.16. The molecule has 0 unspecified atom stereocenters. The maximum atomic E-state index is 9.19. The molecule has 0 fully saturated rings. The van der Waals surface area contributed by atoms with E-state index in [1.807, 2.05) is 54.6 Å². The van der Waals surface area contributed by atoms with Crippen LogP contribution in [0.15, 0.2) is 158 Å². The van der Waals surface area contributed by atoms with Gasteiger partial charge in [-0.05, 0) is 65.2 Å². The molecule has 14 heteroatoms. The van der Waals surface area contributed by atoms with Gasteiger partial charge in [0.2, 0.25) is 0 Å². The summed E-state index contributed by atoms with van der Waals surface area (Å²) < 4.78 is 53.1. The zero-order chi connectivity index (χ0) is 42.6. The van der Waals surface area contributed by atoms with Crippen molar-refractivity contribution in [2.45, 2.75) is 39.3 Å². The lowest BCUT2D eigenvalue weighted by Crippen LogP contribution is -3.08. The molecule has 0 heterocycles. The van der Waals surface area contributed by atoms with Crippen LogP contribution in [-0.2, 0) is 59.5 Å². The van der Waals surface area contributed by atoms with Crippen LogP contribution in [0.2, 0.25) is 0 Å². The van der Waals surface area contributed by atoms with Crippen LogP contribution in [0.5, 0.6) is 0 Å². The monoisotopic (exact) mass is 826 g/mol. The van der Waals surface area contributed by atoms with Gasteiger partial charge in [-0.1, -0.05) is 109 Å². The highest BCUT2D eigenvalue weighted by Gasteiger charge is 2.12. The number of hydrogen-bond acceptors (Lipinski definition) is 10.